The molecule has 2 rings (SSSR count). The van der Waals surface area contributed by atoms with Gasteiger partial charge in [-0.15, -0.1) is 0 Å². The van der Waals surface area contributed by atoms with Gasteiger partial charge < -0.3 is 0 Å². The highest BCUT2D eigenvalue weighted by Gasteiger charge is 2.12. The van der Waals surface area contributed by atoms with Crippen molar-refractivity contribution >= 4 is 55.9 Å². The van der Waals surface area contributed by atoms with Crippen LogP contribution in [0.25, 0.3) is 0 Å². The molecule has 2 aromatic carbocycles. The summed E-state index contributed by atoms with van der Waals surface area (Å²) in [6, 6.07) is 13.1. The van der Waals surface area contributed by atoms with Crippen LogP contribution in [0.1, 0.15) is 15.9 Å². The van der Waals surface area contributed by atoms with Crippen molar-refractivity contribution in [2.24, 2.45) is 0 Å². The van der Waals surface area contributed by atoms with E-state index < -0.39 is 0 Å². The van der Waals surface area contributed by atoms with E-state index in [9.17, 15) is 4.79 Å². The second-order valence-corrected chi connectivity index (χ2v) is 6.27. The van der Waals surface area contributed by atoms with Crippen LogP contribution in [-0.2, 0) is 6.42 Å². The van der Waals surface area contributed by atoms with Crippen LogP contribution in [0.15, 0.2) is 46.9 Å². The summed E-state index contributed by atoms with van der Waals surface area (Å²) in [6.45, 7) is 0. The number of carbonyl (C=O) groups is 1. The molecule has 0 fully saturated rings. The van der Waals surface area contributed by atoms with Crippen molar-refractivity contribution < 1.29 is 4.79 Å². The van der Waals surface area contributed by atoms with Crippen LogP contribution in [0, 0.1) is 3.57 Å². The second kappa shape index (κ2) is 6.17. The molecule has 18 heavy (non-hydrogen) atoms. The first-order valence-corrected chi connectivity index (χ1v) is 7.54. The van der Waals surface area contributed by atoms with Crippen LogP contribution < -0.4 is 0 Å². The standard InChI is InChI=1S/C14H9BrClIO/c15-12-4-2-1-3-9(12)7-14(18)11-8-10(16)5-6-13(11)17/h1-6,8H,7H2. The lowest BCUT2D eigenvalue weighted by molar-refractivity contribution is 0.0992. The largest absolute Gasteiger partial charge is 0.294 e. The molecule has 92 valence electrons. The van der Waals surface area contributed by atoms with Crippen molar-refractivity contribution in [2.75, 3.05) is 0 Å². The lowest BCUT2D eigenvalue weighted by atomic mass is 10.0. The maximum atomic E-state index is 12.3. The Bertz CT molecular complexity index is 598. The zero-order valence-electron chi connectivity index (χ0n) is 9.29. The average Bonchev–Trinajstić information content (AvgIpc) is 2.35. The zero-order chi connectivity index (χ0) is 13.1. The van der Waals surface area contributed by atoms with Crippen molar-refractivity contribution in [3.05, 3.63) is 66.7 Å². The van der Waals surface area contributed by atoms with E-state index in [1.165, 1.54) is 0 Å². The number of Topliss-reactive ketones (excluding diaryl/α,β-unsaturated/α-hetero) is 1. The zero-order valence-corrected chi connectivity index (χ0v) is 13.8. The third-order valence-corrected chi connectivity index (χ3v) is 4.49. The number of halogens is 3. The minimum absolute atomic E-state index is 0.0776. The van der Waals surface area contributed by atoms with Crippen molar-refractivity contribution in [3.63, 3.8) is 0 Å². The minimum atomic E-state index is 0.0776. The Morgan fingerprint density at radius 3 is 2.67 bits per heavy atom. The molecule has 0 N–H and O–H groups in total. The summed E-state index contributed by atoms with van der Waals surface area (Å²) in [7, 11) is 0. The van der Waals surface area contributed by atoms with Crippen LogP contribution in [0.5, 0.6) is 0 Å². The third-order valence-electron chi connectivity index (χ3n) is 2.54. The van der Waals surface area contributed by atoms with E-state index in [1.807, 2.05) is 30.3 Å². The van der Waals surface area contributed by atoms with Gasteiger partial charge in [-0.3, -0.25) is 4.79 Å². The topological polar surface area (TPSA) is 17.1 Å². The summed E-state index contributed by atoms with van der Waals surface area (Å²) >= 11 is 11.5. The van der Waals surface area contributed by atoms with Gasteiger partial charge in [-0.05, 0) is 52.4 Å². The second-order valence-electron chi connectivity index (χ2n) is 3.82. The molecule has 0 heterocycles. The predicted octanol–water partition coefficient (Wildman–Crippen LogP) is 5.13. The Kier molecular flexibility index (Phi) is 4.81. The van der Waals surface area contributed by atoms with E-state index in [0.717, 1.165) is 13.6 Å². The molecule has 0 unspecified atom stereocenters. The Hall–Kier alpha value is -0.390. The fourth-order valence-corrected chi connectivity index (χ4v) is 2.85. The molecule has 0 radical (unpaired) electrons. The molecule has 1 nitrogen and oxygen atoms in total. The van der Waals surface area contributed by atoms with Gasteiger partial charge in [0.05, 0.1) is 0 Å². The van der Waals surface area contributed by atoms with Gasteiger partial charge >= 0.3 is 0 Å². The number of carbonyl (C=O) groups excluding carboxylic acids is 1. The molecule has 0 saturated heterocycles. The number of hydrogen-bond donors (Lipinski definition) is 0. The summed E-state index contributed by atoms with van der Waals surface area (Å²) in [4.78, 5) is 12.3. The van der Waals surface area contributed by atoms with Crippen LogP contribution in [0.2, 0.25) is 5.02 Å². The minimum Gasteiger partial charge on any atom is -0.294 e. The summed E-state index contributed by atoms with van der Waals surface area (Å²) in [5.41, 5.74) is 1.66. The molecular weight excluding hydrogens is 426 g/mol. The van der Waals surface area contributed by atoms with E-state index in [4.69, 9.17) is 11.6 Å². The molecule has 0 spiro atoms. The first-order valence-electron chi connectivity index (χ1n) is 5.29. The number of benzene rings is 2. The van der Waals surface area contributed by atoms with E-state index >= 15 is 0 Å². The summed E-state index contributed by atoms with van der Waals surface area (Å²) < 4.78 is 1.88. The third kappa shape index (κ3) is 3.33. The van der Waals surface area contributed by atoms with Crippen molar-refractivity contribution in [1.82, 2.24) is 0 Å². The van der Waals surface area contributed by atoms with Crippen LogP contribution in [-0.4, -0.2) is 5.78 Å². The Morgan fingerprint density at radius 2 is 1.94 bits per heavy atom. The highest BCUT2D eigenvalue weighted by Crippen LogP contribution is 2.22. The monoisotopic (exact) mass is 434 g/mol. The first-order chi connectivity index (χ1) is 8.58. The highest BCUT2D eigenvalue weighted by atomic mass is 127. The normalized spacial score (nSPS) is 10.4. The van der Waals surface area contributed by atoms with Gasteiger partial charge in [0.1, 0.15) is 0 Å². The lowest BCUT2D eigenvalue weighted by Crippen LogP contribution is -2.06. The van der Waals surface area contributed by atoms with Gasteiger partial charge in [0.25, 0.3) is 0 Å². The van der Waals surface area contributed by atoms with Crippen LogP contribution in [0.4, 0.5) is 0 Å². The summed E-state index contributed by atoms with van der Waals surface area (Å²) in [5.74, 6) is 0.0776. The molecule has 0 aliphatic carbocycles. The number of rotatable bonds is 3. The lowest BCUT2D eigenvalue weighted by Gasteiger charge is -2.06. The van der Waals surface area contributed by atoms with E-state index in [0.29, 0.717) is 17.0 Å². The first kappa shape index (κ1) is 14.0. The molecule has 0 aliphatic rings. The molecule has 0 saturated carbocycles. The van der Waals surface area contributed by atoms with E-state index in [1.54, 1.807) is 12.1 Å². The molecule has 0 aliphatic heterocycles. The molecular formula is C14H9BrClIO. The Balaban J connectivity index is 2.28. The maximum Gasteiger partial charge on any atom is 0.168 e. The molecule has 0 atom stereocenters. The number of hydrogen-bond acceptors (Lipinski definition) is 1. The van der Waals surface area contributed by atoms with Gasteiger partial charge in [-0.2, -0.15) is 0 Å². The highest BCUT2D eigenvalue weighted by molar-refractivity contribution is 14.1. The van der Waals surface area contributed by atoms with Gasteiger partial charge in [-0.25, -0.2) is 0 Å². The maximum absolute atomic E-state index is 12.3. The van der Waals surface area contributed by atoms with E-state index in [-0.39, 0.29) is 5.78 Å². The van der Waals surface area contributed by atoms with E-state index in [2.05, 4.69) is 38.5 Å². The predicted molar refractivity (Wildman–Crippen MR) is 86.3 cm³/mol. The fraction of sp³-hybridized carbons (Fsp3) is 0.0714. The Morgan fingerprint density at radius 1 is 1.22 bits per heavy atom. The average molecular weight is 435 g/mol. The van der Waals surface area contributed by atoms with Crippen molar-refractivity contribution in [3.8, 4) is 0 Å². The van der Waals surface area contributed by atoms with Gasteiger partial charge in [0.15, 0.2) is 5.78 Å². The number of ketones is 1. The quantitative estimate of drug-likeness (QED) is 0.482. The molecule has 0 aromatic heterocycles. The summed E-state index contributed by atoms with van der Waals surface area (Å²) in [6.07, 6.45) is 0.373. The smallest absolute Gasteiger partial charge is 0.168 e. The fourth-order valence-electron chi connectivity index (χ4n) is 1.62. The molecule has 4 heteroatoms. The van der Waals surface area contributed by atoms with Gasteiger partial charge in [0, 0.05) is 25.0 Å². The Labute approximate surface area is 133 Å². The molecule has 2 aromatic rings. The molecule has 0 bridgehead atoms. The van der Waals surface area contributed by atoms with Gasteiger partial charge in [0.2, 0.25) is 0 Å². The van der Waals surface area contributed by atoms with Crippen molar-refractivity contribution in [2.45, 2.75) is 6.42 Å². The molecule has 0 amide bonds. The van der Waals surface area contributed by atoms with Crippen molar-refractivity contribution in [1.29, 1.82) is 0 Å². The van der Waals surface area contributed by atoms with Crippen LogP contribution >= 0.6 is 50.1 Å². The SMILES string of the molecule is O=C(Cc1ccccc1Br)c1cc(Cl)ccc1I. The van der Waals surface area contributed by atoms with Crippen LogP contribution in [0.3, 0.4) is 0 Å². The summed E-state index contributed by atoms with van der Waals surface area (Å²) in [5, 5.41) is 0.589. The van der Waals surface area contributed by atoms with Gasteiger partial charge in [-0.1, -0.05) is 45.7 Å².